The Labute approximate surface area is 164 Å². The molecule has 0 saturated heterocycles. The second kappa shape index (κ2) is 7.78. The first kappa shape index (κ1) is 20.1. The third-order valence-corrected chi connectivity index (χ3v) is 4.75. The Morgan fingerprint density at radius 2 is 1.66 bits per heavy atom. The van der Waals surface area contributed by atoms with Gasteiger partial charge in [0.1, 0.15) is 11.2 Å². The molecular formula is C20H19N2O7-. The van der Waals surface area contributed by atoms with Crippen molar-refractivity contribution < 1.29 is 28.3 Å². The van der Waals surface area contributed by atoms with E-state index in [0.29, 0.717) is 27.7 Å². The first-order chi connectivity index (χ1) is 13.7. The van der Waals surface area contributed by atoms with Crippen molar-refractivity contribution >= 4 is 39.7 Å². The van der Waals surface area contributed by atoms with E-state index in [1.54, 1.807) is 20.1 Å². The van der Waals surface area contributed by atoms with Crippen LogP contribution in [0, 0.1) is 20.8 Å². The number of aryl methyl sites for hydroxylation is 3. The van der Waals surface area contributed by atoms with Crippen LogP contribution in [0.15, 0.2) is 26.0 Å². The van der Waals surface area contributed by atoms with Crippen molar-refractivity contribution in [3.63, 3.8) is 0 Å². The lowest BCUT2D eigenvalue weighted by atomic mass is 9.99. The largest absolute Gasteiger partial charge is 0.548 e. The average Bonchev–Trinajstić information content (AvgIpc) is 3.04. The van der Waals surface area contributed by atoms with E-state index in [-0.39, 0.29) is 12.0 Å². The first-order valence-corrected chi connectivity index (χ1v) is 8.86. The SMILES string of the molecule is Cc1coc2c(C)c3oc(=O)c(CC(=O)NCC(=O)NCC(=O)[O-])c(C)c3cc12. The summed E-state index contributed by atoms with van der Waals surface area (Å²) in [5.74, 6) is -2.69. The molecule has 2 heterocycles. The number of fused-ring (bicyclic) bond motifs is 2. The second-order valence-electron chi connectivity index (χ2n) is 6.77. The Kier molecular flexibility index (Phi) is 5.40. The van der Waals surface area contributed by atoms with Gasteiger partial charge in [0.15, 0.2) is 0 Å². The van der Waals surface area contributed by atoms with Crippen LogP contribution in [0.4, 0.5) is 0 Å². The van der Waals surface area contributed by atoms with Gasteiger partial charge < -0.3 is 29.4 Å². The predicted octanol–water partition coefficient (Wildman–Crippen LogP) is -0.0107. The summed E-state index contributed by atoms with van der Waals surface area (Å²) in [6.07, 6.45) is 1.35. The molecule has 9 nitrogen and oxygen atoms in total. The molecule has 0 saturated carbocycles. The maximum atomic E-state index is 12.5. The molecule has 2 aromatic heterocycles. The summed E-state index contributed by atoms with van der Waals surface area (Å²) < 4.78 is 11.0. The van der Waals surface area contributed by atoms with Gasteiger partial charge in [-0.1, -0.05) is 0 Å². The molecule has 2 amide bonds. The summed E-state index contributed by atoms with van der Waals surface area (Å²) in [5.41, 5.74) is 2.84. The topological polar surface area (TPSA) is 142 Å². The minimum Gasteiger partial charge on any atom is -0.548 e. The van der Waals surface area contributed by atoms with Gasteiger partial charge in [-0.2, -0.15) is 0 Å². The number of hydrogen-bond donors (Lipinski definition) is 2. The van der Waals surface area contributed by atoms with Crippen LogP contribution in [0.3, 0.4) is 0 Å². The van der Waals surface area contributed by atoms with Gasteiger partial charge in [-0.3, -0.25) is 9.59 Å². The number of carbonyl (C=O) groups excluding carboxylic acids is 3. The molecule has 152 valence electrons. The summed E-state index contributed by atoms with van der Waals surface area (Å²) in [4.78, 5) is 46.4. The van der Waals surface area contributed by atoms with Crippen LogP contribution in [0.5, 0.6) is 0 Å². The van der Waals surface area contributed by atoms with E-state index < -0.39 is 36.5 Å². The minimum absolute atomic E-state index is 0.185. The fraction of sp³-hybridized carbons (Fsp3) is 0.300. The van der Waals surface area contributed by atoms with Gasteiger partial charge in [0, 0.05) is 16.3 Å². The summed E-state index contributed by atoms with van der Waals surface area (Å²) in [6, 6.07) is 1.86. The molecule has 0 unspecified atom stereocenters. The molecular weight excluding hydrogens is 380 g/mol. The van der Waals surface area contributed by atoms with Crippen LogP contribution in [-0.4, -0.2) is 30.9 Å². The van der Waals surface area contributed by atoms with Crippen molar-refractivity contribution in [1.29, 1.82) is 0 Å². The standard InChI is InChI=1S/C20H20N2O7/c1-9-8-28-18-11(3)19-13(4-12(9)18)10(2)14(20(27)29-19)5-15(23)21-6-16(24)22-7-17(25)26/h4,8H,5-7H2,1-3H3,(H,21,23)(H,22,24)(H,25,26)/p-1. The zero-order chi connectivity index (χ0) is 21.3. The van der Waals surface area contributed by atoms with Gasteiger partial charge in [0.25, 0.3) is 0 Å². The first-order valence-electron chi connectivity index (χ1n) is 8.86. The maximum Gasteiger partial charge on any atom is 0.340 e. The Morgan fingerprint density at radius 1 is 0.966 bits per heavy atom. The van der Waals surface area contributed by atoms with E-state index in [2.05, 4.69) is 10.6 Å². The quantitative estimate of drug-likeness (QED) is 0.555. The van der Waals surface area contributed by atoms with E-state index in [1.165, 1.54) is 0 Å². The third-order valence-electron chi connectivity index (χ3n) is 4.75. The van der Waals surface area contributed by atoms with E-state index in [0.717, 1.165) is 10.9 Å². The highest BCUT2D eigenvalue weighted by atomic mass is 16.4. The summed E-state index contributed by atoms with van der Waals surface area (Å²) in [5, 5.41) is 16.3. The average molecular weight is 399 g/mol. The van der Waals surface area contributed by atoms with Gasteiger partial charge >= 0.3 is 5.63 Å². The molecule has 0 fully saturated rings. The highest BCUT2D eigenvalue weighted by Gasteiger charge is 2.19. The van der Waals surface area contributed by atoms with E-state index in [4.69, 9.17) is 8.83 Å². The molecule has 1 aromatic carbocycles. The van der Waals surface area contributed by atoms with Gasteiger partial charge in [0.2, 0.25) is 11.8 Å². The Morgan fingerprint density at radius 3 is 2.34 bits per heavy atom. The molecule has 2 N–H and O–H groups in total. The molecule has 0 spiro atoms. The molecule has 0 aliphatic carbocycles. The molecule has 0 radical (unpaired) electrons. The van der Waals surface area contributed by atoms with E-state index >= 15 is 0 Å². The number of amides is 2. The number of aliphatic carboxylic acids is 1. The Bertz CT molecular complexity index is 1200. The monoisotopic (exact) mass is 399 g/mol. The van der Waals surface area contributed by atoms with Gasteiger partial charge in [-0.25, -0.2) is 4.79 Å². The molecule has 0 atom stereocenters. The van der Waals surface area contributed by atoms with Gasteiger partial charge in [-0.15, -0.1) is 0 Å². The van der Waals surface area contributed by atoms with Gasteiger partial charge in [0.05, 0.1) is 37.3 Å². The van der Waals surface area contributed by atoms with Crippen molar-refractivity contribution in [2.24, 2.45) is 0 Å². The van der Waals surface area contributed by atoms with Crippen LogP contribution in [0.1, 0.15) is 22.3 Å². The van der Waals surface area contributed by atoms with Crippen molar-refractivity contribution in [3.8, 4) is 0 Å². The van der Waals surface area contributed by atoms with Crippen molar-refractivity contribution in [2.75, 3.05) is 13.1 Å². The van der Waals surface area contributed by atoms with Crippen LogP contribution in [0.25, 0.3) is 21.9 Å². The summed E-state index contributed by atoms with van der Waals surface area (Å²) >= 11 is 0. The molecule has 3 rings (SSSR count). The molecule has 0 aliphatic rings. The van der Waals surface area contributed by atoms with E-state index in [1.807, 2.05) is 13.0 Å². The number of furan rings is 1. The van der Waals surface area contributed by atoms with Crippen LogP contribution >= 0.6 is 0 Å². The number of hydrogen-bond acceptors (Lipinski definition) is 7. The molecule has 0 aliphatic heterocycles. The minimum atomic E-state index is -1.44. The molecule has 0 bridgehead atoms. The number of rotatable bonds is 6. The van der Waals surface area contributed by atoms with Crippen LogP contribution in [-0.2, 0) is 20.8 Å². The van der Waals surface area contributed by atoms with Crippen LogP contribution in [0.2, 0.25) is 0 Å². The lowest BCUT2D eigenvalue weighted by molar-refractivity contribution is -0.304. The second-order valence-corrected chi connectivity index (χ2v) is 6.77. The normalized spacial score (nSPS) is 11.0. The highest BCUT2D eigenvalue weighted by Crippen LogP contribution is 2.32. The number of nitrogens with one attached hydrogen (secondary N) is 2. The molecule has 3 aromatic rings. The fourth-order valence-corrected chi connectivity index (χ4v) is 3.16. The van der Waals surface area contributed by atoms with E-state index in [9.17, 15) is 24.3 Å². The molecule has 9 heteroatoms. The maximum absolute atomic E-state index is 12.5. The van der Waals surface area contributed by atoms with Crippen LogP contribution < -0.4 is 21.4 Å². The number of carboxylic acids is 1. The zero-order valence-electron chi connectivity index (χ0n) is 16.1. The Hall–Kier alpha value is -3.62. The third kappa shape index (κ3) is 3.98. The lowest BCUT2D eigenvalue weighted by Gasteiger charge is -2.11. The number of carbonyl (C=O) groups is 3. The fourth-order valence-electron chi connectivity index (χ4n) is 3.16. The summed E-state index contributed by atoms with van der Waals surface area (Å²) in [7, 11) is 0. The summed E-state index contributed by atoms with van der Waals surface area (Å²) in [6.45, 7) is 4.37. The van der Waals surface area contributed by atoms with Crippen molar-refractivity contribution in [3.05, 3.63) is 45.0 Å². The zero-order valence-corrected chi connectivity index (χ0v) is 16.1. The number of carboxylic acid groups (broad SMARTS) is 1. The Balaban J connectivity index is 1.86. The number of benzene rings is 1. The predicted molar refractivity (Wildman–Crippen MR) is 101 cm³/mol. The van der Waals surface area contributed by atoms with Crippen molar-refractivity contribution in [1.82, 2.24) is 10.6 Å². The lowest BCUT2D eigenvalue weighted by Crippen LogP contribution is -2.43. The van der Waals surface area contributed by atoms with Crippen molar-refractivity contribution in [2.45, 2.75) is 27.2 Å². The smallest absolute Gasteiger partial charge is 0.340 e. The van der Waals surface area contributed by atoms with Gasteiger partial charge in [-0.05, 0) is 38.0 Å². The molecule has 29 heavy (non-hydrogen) atoms. The highest BCUT2D eigenvalue weighted by molar-refractivity contribution is 6.00.